The van der Waals surface area contributed by atoms with Crippen molar-refractivity contribution in [3.63, 3.8) is 0 Å². The normalized spacial score (nSPS) is 14.2. The van der Waals surface area contributed by atoms with Crippen LogP contribution in [0.25, 0.3) is 11.3 Å². The molecule has 9 heteroatoms. The third-order valence-corrected chi connectivity index (χ3v) is 5.28. The van der Waals surface area contributed by atoms with Gasteiger partial charge in [-0.05, 0) is 30.2 Å². The lowest BCUT2D eigenvalue weighted by Crippen LogP contribution is -2.35. The Hall–Kier alpha value is -3.20. The zero-order chi connectivity index (χ0) is 22.7. The van der Waals surface area contributed by atoms with Crippen LogP contribution in [0.2, 0.25) is 0 Å². The predicted molar refractivity (Wildman–Crippen MR) is 113 cm³/mol. The van der Waals surface area contributed by atoms with Gasteiger partial charge in [0.1, 0.15) is 11.6 Å². The molecule has 6 nitrogen and oxygen atoms in total. The van der Waals surface area contributed by atoms with E-state index in [2.05, 4.69) is 24.6 Å². The fraction of sp³-hybridized carbons (Fsp3) is 0.348. The van der Waals surface area contributed by atoms with Gasteiger partial charge in [0.15, 0.2) is 0 Å². The maximum atomic E-state index is 12.5. The van der Waals surface area contributed by atoms with Crippen LogP contribution in [0.4, 0.5) is 13.2 Å². The number of alkyl halides is 3. The van der Waals surface area contributed by atoms with Gasteiger partial charge < -0.3 is 9.72 Å². The maximum absolute atomic E-state index is 12.5. The molecule has 0 atom stereocenters. The number of aromatic nitrogens is 3. The summed E-state index contributed by atoms with van der Waals surface area (Å²) in [6, 6.07) is 9.39. The molecule has 1 aromatic carbocycles. The van der Waals surface area contributed by atoms with Gasteiger partial charge in [0.2, 0.25) is 0 Å². The van der Waals surface area contributed by atoms with Crippen LogP contribution in [0.5, 0.6) is 5.75 Å². The Bertz CT molecular complexity index is 1140. The molecule has 3 heterocycles. The van der Waals surface area contributed by atoms with E-state index in [1.807, 2.05) is 13.0 Å². The first-order chi connectivity index (χ1) is 15.3. The predicted octanol–water partition coefficient (Wildman–Crippen LogP) is 4.24. The molecule has 2 aromatic heterocycles. The number of ether oxygens (including phenoxy) is 1. The topological polar surface area (TPSA) is 71.1 Å². The van der Waals surface area contributed by atoms with E-state index in [1.54, 1.807) is 18.3 Å². The number of nitrogens with zero attached hydrogens (tertiary/aromatic N) is 3. The highest BCUT2D eigenvalue weighted by molar-refractivity contribution is 5.61. The first-order valence-electron chi connectivity index (χ1n) is 10.4. The monoisotopic (exact) mass is 444 g/mol. The lowest BCUT2D eigenvalue weighted by atomic mass is 10.1. The van der Waals surface area contributed by atoms with E-state index in [0.29, 0.717) is 36.3 Å². The number of benzene rings is 1. The van der Waals surface area contributed by atoms with Crippen LogP contribution >= 0.6 is 0 Å². The number of H-pyrrole nitrogens is 1. The summed E-state index contributed by atoms with van der Waals surface area (Å²) in [4.78, 5) is 26.5. The van der Waals surface area contributed by atoms with Crippen LogP contribution in [0.1, 0.15) is 36.0 Å². The molecule has 0 saturated heterocycles. The Morgan fingerprint density at radius 3 is 2.78 bits per heavy atom. The molecule has 4 rings (SSSR count). The number of hydrogen-bond acceptors (Lipinski definition) is 5. The van der Waals surface area contributed by atoms with Gasteiger partial charge in [-0.3, -0.25) is 14.7 Å². The van der Waals surface area contributed by atoms with Gasteiger partial charge in [0, 0.05) is 44.2 Å². The summed E-state index contributed by atoms with van der Waals surface area (Å²) in [6.45, 7) is 3.96. The van der Waals surface area contributed by atoms with Crippen LogP contribution in [-0.2, 0) is 25.9 Å². The minimum absolute atomic E-state index is 0.0717. The van der Waals surface area contributed by atoms with E-state index < -0.39 is 6.36 Å². The molecule has 0 spiro atoms. The molecule has 0 unspecified atom stereocenters. The third kappa shape index (κ3) is 5.34. The molecule has 168 valence electrons. The van der Waals surface area contributed by atoms with Crippen molar-refractivity contribution in [3.8, 4) is 17.0 Å². The Kier molecular flexibility index (Phi) is 6.27. The number of fused-ring (bicyclic) bond motifs is 1. The molecule has 0 amide bonds. The van der Waals surface area contributed by atoms with Crippen LogP contribution in [0.3, 0.4) is 0 Å². The largest absolute Gasteiger partial charge is 0.573 e. The SMILES string of the molecule is CCCc1nc2c(c(=O)[nH]1)CN(Cc1ccc(-c3cccc(OC(F)(F)F)c3)nc1)CC2. The second-order valence-electron chi connectivity index (χ2n) is 7.78. The Morgan fingerprint density at radius 1 is 1.22 bits per heavy atom. The van der Waals surface area contributed by atoms with E-state index in [-0.39, 0.29) is 11.3 Å². The molecule has 0 bridgehead atoms. The van der Waals surface area contributed by atoms with Crippen molar-refractivity contribution in [1.82, 2.24) is 19.9 Å². The average Bonchev–Trinajstić information content (AvgIpc) is 2.74. The van der Waals surface area contributed by atoms with E-state index in [1.165, 1.54) is 18.2 Å². The van der Waals surface area contributed by atoms with Crippen molar-refractivity contribution in [3.05, 3.63) is 75.6 Å². The number of aryl methyl sites for hydroxylation is 1. The van der Waals surface area contributed by atoms with E-state index >= 15 is 0 Å². The summed E-state index contributed by atoms with van der Waals surface area (Å²) < 4.78 is 41.3. The number of pyridine rings is 1. The zero-order valence-corrected chi connectivity index (χ0v) is 17.6. The third-order valence-electron chi connectivity index (χ3n) is 5.28. The molecule has 0 radical (unpaired) electrons. The first kappa shape index (κ1) is 22.0. The number of aromatic amines is 1. The molecule has 0 aliphatic carbocycles. The summed E-state index contributed by atoms with van der Waals surface area (Å²) in [5.74, 6) is 0.461. The highest BCUT2D eigenvalue weighted by Gasteiger charge is 2.31. The number of halogens is 3. The van der Waals surface area contributed by atoms with Gasteiger partial charge >= 0.3 is 6.36 Å². The van der Waals surface area contributed by atoms with E-state index in [9.17, 15) is 18.0 Å². The fourth-order valence-corrected chi connectivity index (χ4v) is 3.82. The maximum Gasteiger partial charge on any atom is 0.573 e. The van der Waals surface area contributed by atoms with Crippen molar-refractivity contribution in [2.45, 2.75) is 45.6 Å². The molecule has 1 aliphatic rings. The molecule has 1 N–H and O–H groups in total. The van der Waals surface area contributed by atoms with E-state index in [0.717, 1.165) is 36.5 Å². The van der Waals surface area contributed by atoms with Crippen molar-refractivity contribution < 1.29 is 17.9 Å². The van der Waals surface area contributed by atoms with Crippen molar-refractivity contribution >= 4 is 0 Å². The molecule has 3 aromatic rings. The Labute approximate surface area is 183 Å². The zero-order valence-electron chi connectivity index (χ0n) is 17.6. The molecule has 0 fully saturated rings. The highest BCUT2D eigenvalue weighted by atomic mass is 19.4. The molecular formula is C23H23F3N4O2. The lowest BCUT2D eigenvalue weighted by molar-refractivity contribution is -0.274. The molecule has 32 heavy (non-hydrogen) atoms. The number of hydrogen-bond donors (Lipinski definition) is 1. The summed E-state index contributed by atoms with van der Waals surface area (Å²) in [7, 11) is 0. The van der Waals surface area contributed by atoms with Crippen molar-refractivity contribution in [2.75, 3.05) is 6.54 Å². The standard InChI is InChI=1S/C23H23F3N4O2/c1-2-4-21-28-20-9-10-30(14-18(20)22(31)29-21)13-15-7-8-19(27-12-15)16-5-3-6-17(11-16)32-23(24,25)26/h3,5-8,11-12H,2,4,9-10,13-14H2,1H3,(H,28,29,31). The van der Waals surface area contributed by atoms with Gasteiger partial charge in [0.25, 0.3) is 5.56 Å². The summed E-state index contributed by atoms with van der Waals surface area (Å²) in [5, 5.41) is 0. The smallest absolute Gasteiger partial charge is 0.406 e. The van der Waals surface area contributed by atoms with Crippen molar-refractivity contribution in [1.29, 1.82) is 0 Å². The van der Waals surface area contributed by atoms with Crippen LogP contribution in [0.15, 0.2) is 47.4 Å². The second kappa shape index (κ2) is 9.12. The van der Waals surface area contributed by atoms with Gasteiger partial charge in [0.05, 0.1) is 17.0 Å². The van der Waals surface area contributed by atoms with Gasteiger partial charge in [-0.2, -0.15) is 0 Å². The molecule has 0 saturated carbocycles. The Morgan fingerprint density at radius 2 is 2.06 bits per heavy atom. The van der Waals surface area contributed by atoms with Gasteiger partial charge in [-0.25, -0.2) is 4.98 Å². The summed E-state index contributed by atoms with van der Waals surface area (Å²) >= 11 is 0. The fourth-order valence-electron chi connectivity index (χ4n) is 3.82. The minimum Gasteiger partial charge on any atom is -0.406 e. The van der Waals surface area contributed by atoms with Crippen LogP contribution < -0.4 is 10.3 Å². The first-order valence-corrected chi connectivity index (χ1v) is 10.4. The highest BCUT2D eigenvalue weighted by Crippen LogP contribution is 2.27. The summed E-state index contributed by atoms with van der Waals surface area (Å²) in [5.41, 5.74) is 3.55. The van der Waals surface area contributed by atoms with Gasteiger partial charge in [-0.15, -0.1) is 13.2 Å². The van der Waals surface area contributed by atoms with Crippen LogP contribution in [-0.4, -0.2) is 32.8 Å². The number of nitrogens with one attached hydrogen (secondary N) is 1. The van der Waals surface area contributed by atoms with Crippen molar-refractivity contribution in [2.24, 2.45) is 0 Å². The Balaban J connectivity index is 1.44. The van der Waals surface area contributed by atoms with Gasteiger partial charge in [-0.1, -0.05) is 25.1 Å². The van der Waals surface area contributed by atoms with E-state index in [4.69, 9.17) is 0 Å². The molecule has 1 aliphatic heterocycles. The lowest BCUT2D eigenvalue weighted by Gasteiger charge is -2.27. The second-order valence-corrected chi connectivity index (χ2v) is 7.78. The van der Waals surface area contributed by atoms with Crippen LogP contribution in [0, 0.1) is 0 Å². The summed E-state index contributed by atoms with van der Waals surface area (Å²) in [6.07, 6.45) is -0.633. The molecular weight excluding hydrogens is 421 g/mol. The minimum atomic E-state index is -4.74. The quantitative estimate of drug-likeness (QED) is 0.616. The average molecular weight is 444 g/mol. The number of rotatable bonds is 6.